The summed E-state index contributed by atoms with van der Waals surface area (Å²) in [4.78, 5) is 28.9. The van der Waals surface area contributed by atoms with E-state index in [1.165, 1.54) is 7.11 Å². The lowest BCUT2D eigenvalue weighted by molar-refractivity contribution is 0.102. The van der Waals surface area contributed by atoms with Crippen molar-refractivity contribution in [1.29, 1.82) is 0 Å². The first-order valence-electron chi connectivity index (χ1n) is 10.4. The van der Waals surface area contributed by atoms with Gasteiger partial charge in [0.1, 0.15) is 5.82 Å². The molecule has 164 valence electrons. The van der Waals surface area contributed by atoms with E-state index < -0.39 is 0 Å². The summed E-state index contributed by atoms with van der Waals surface area (Å²) in [6.45, 7) is 4.19. The van der Waals surface area contributed by atoms with Crippen molar-refractivity contribution in [2.24, 2.45) is 5.92 Å². The highest BCUT2D eigenvalue weighted by Gasteiger charge is 2.20. The van der Waals surface area contributed by atoms with Crippen LogP contribution in [0.1, 0.15) is 22.5 Å². The van der Waals surface area contributed by atoms with Crippen molar-refractivity contribution in [3.05, 3.63) is 48.0 Å². The van der Waals surface area contributed by atoms with Crippen molar-refractivity contribution in [1.82, 2.24) is 29.7 Å². The molecule has 1 aliphatic heterocycles. The second-order valence-corrected chi connectivity index (χ2v) is 7.78. The van der Waals surface area contributed by atoms with Crippen LogP contribution in [0, 0.1) is 12.8 Å². The van der Waals surface area contributed by atoms with E-state index in [0.29, 0.717) is 29.0 Å². The Balaban J connectivity index is 1.34. The molecule has 0 bridgehead atoms. The average molecular weight is 433 g/mol. The lowest BCUT2D eigenvalue weighted by Crippen LogP contribution is -2.16. The molecule has 0 aliphatic carbocycles. The Kier molecular flexibility index (Phi) is 5.28. The summed E-state index contributed by atoms with van der Waals surface area (Å²) in [5.41, 5.74) is 3.70. The fourth-order valence-electron chi connectivity index (χ4n) is 3.83. The number of nitrogens with zero attached hydrogens (tertiary/aromatic N) is 5. The van der Waals surface area contributed by atoms with Gasteiger partial charge in [0, 0.05) is 48.6 Å². The van der Waals surface area contributed by atoms with Gasteiger partial charge in [-0.2, -0.15) is 10.1 Å². The SMILES string of the molecule is COc1nccc(-c2cc3cnc(NC(=O)c4cnn(C[C@H]5CCOC5)c4C)cc3[nH]2)n1. The van der Waals surface area contributed by atoms with Crippen LogP contribution in [0.4, 0.5) is 5.82 Å². The van der Waals surface area contributed by atoms with Gasteiger partial charge in [-0.25, -0.2) is 9.97 Å². The number of anilines is 1. The zero-order valence-electron chi connectivity index (χ0n) is 17.8. The Bertz CT molecular complexity index is 1270. The van der Waals surface area contributed by atoms with E-state index in [4.69, 9.17) is 9.47 Å². The van der Waals surface area contributed by atoms with Crippen LogP contribution in [0.2, 0.25) is 0 Å². The van der Waals surface area contributed by atoms with Crippen LogP contribution in [-0.2, 0) is 11.3 Å². The largest absolute Gasteiger partial charge is 0.467 e. The summed E-state index contributed by atoms with van der Waals surface area (Å²) >= 11 is 0. The van der Waals surface area contributed by atoms with Crippen LogP contribution < -0.4 is 10.1 Å². The minimum atomic E-state index is -0.240. The maximum absolute atomic E-state index is 12.8. The fraction of sp³-hybridized carbons (Fsp3) is 0.318. The third kappa shape index (κ3) is 3.92. The van der Waals surface area contributed by atoms with Gasteiger partial charge in [0.05, 0.1) is 42.4 Å². The van der Waals surface area contributed by atoms with Gasteiger partial charge in [-0.3, -0.25) is 9.48 Å². The molecule has 10 nitrogen and oxygen atoms in total. The van der Waals surface area contributed by atoms with Crippen LogP contribution in [-0.4, -0.2) is 55.9 Å². The molecule has 1 saturated heterocycles. The number of rotatable bonds is 6. The highest BCUT2D eigenvalue weighted by Crippen LogP contribution is 2.25. The van der Waals surface area contributed by atoms with Crippen molar-refractivity contribution in [3.63, 3.8) is 0 Å². The van der Waals surface area contributed by atoms with E-state index in [1.54, 1.807) is 30.7 Å². The first kappa shape index (κ1) is 20.1. The van der Waals surface area contributed by atoms with E-state index in [2.05, 4.69) is 30.4 Å². The van der Waals surface area contributed by atoms with Crippen molar-refractivity contribution in [3.8, 4) is 17.4 Å². The number of carbonyl (C=O) groups is 1. The van der Waals surface area contributed by atoms with Gasteiger partial charge >= 0.3 is 6.01 Å². The Morgan fingerprint density at radius 1 is 1.34 bits per heavy atom. The van der Waals surface area contributed by atoms with Crippen molar-refractivity contribution >= 4 is 22.6 Å². The lowest BCUT2D eigenvalue weighted by atomic mass is 10.1. The zero-order chi connectivity index (χ0) is 22.1. The number of fused-ring (bicyclic) bond motifs is 1. The van der Waals surface area contributed by atoms with Gasteiger partial charge in [-0.05, 0) is 25.5 Å². The van der Waals surface area contributed by atoms with E-state index >= 15 is 0 Å². The molecule has 4 aromatic heterocycles. The van der Waals surface area contributed by atoms with Gasteiger partial charge in [-0.1, -0.05) is 0 Å². The number of amides is 1. The molecular weight excluding hydrogens is 410 g/mol. The predicted octanol–water partition coefficient (Wildman–Crippen LogP) is 2.82. The Labute approximate surface area is 184 Å². The molecule has 2 N–H and O–H groups in total. The van der Waals surface area contributed by atoms with E-state index in [9.17, 15) is 4.79 Å². The number of hydrogen-bond acceptors (Lipinski definition) is 7. The molecule has 1 fully saturated rings. The summed E-state index contributed by atoms with van der Waals surface area (Å²) in [7, 11) is 1.53. The molecule has 0 unspecified atom stereocenters. The summed E-state index contributed by atoms with van der Waals surface area (Å²) in [5.74, 6) is 0.647. The molecule has 1 amide bonds. The molecule has 4 aromatic rings. The van der Waals surface area contributed by atoms with Gasteiger partial charge in [-0.15, -0.1) is 0 Å². The second-order valence-electron chi connectivity index (χ2n) is 7.78. The number of pyridine rings is 1. The molecule has 0 radical (unpaired) electrons. The first-order valence-corrected chi connectivity index (χ1v) is 10.4. The summed E-state index contributed by atoms with van der Waals surface area (Å²) in [6, 6.07) is 5.83. The zero-order valence-corrected chi connectivity index (χ0v) is 17.8. The number of carbonyl (C=O) groups excluding carboxylic acids is 1. The summed E-state index contributed by atoms with van der Waals surface area (Å²) in [5, 5.41) is 8.17. The molecule has 0 aromatic carbocycles. The molecular formula is C22H23N7O3. The monoisotopic (exact) mass is 433 g/mol. The van der Waals surface area contributed by atoms with Crippen molar-refractivity contribution in [2.75, 3.05) is 25.6 Å². The number of H-pyrrole nitrogens is 1. The Hall–Kier alpha value is -3.79. The smallest absolute Gasteiger partial charge is 0.316 e. The summed E-state index contributed by atoms with van der Waals surface area (Å²) in [6.07, 6.45) is 5.97. The number of ether oxygens (including phenoxy) is 2. The van der Waals surface area contributed by atoms with Crippen LogP contribution in [0.5, 0.6) is 6.01 Å². The van der Waals surface area contributed by atoms with Gasteiger partial charge < -0.3 is 19.8 Å². The second kappa shape index (κ2) is 8.39. The van der Waals surface area contributed by atoms with Crippen LogP contribution in [0.25, 0.3) is 22.3 Å². The topological polar surface area (TPSA) is 120 Å². The standard InChI is InChI=1S/C22H23N7O3/c1-13-16(10-25-29(13)11-14-4-6-32-12-14)21(30)28-20-8-18-15(9-24-20)7-19(26-18)17-3-5-23-22(27-17)31-2/h3,5,7-10,14,26H,4,6,11-12H2,1-2H3,(H,24,28,30)/t14-/m1/s1. The maximum atomic E-state index is 12.8. The number of nitrogens with one attached hydrogen (secondary N) is 2. The van der Waals surface area contributed by atoms with E-state index in [1.807, 2.05) is 17.7 Å². The van der Waals surface area contributed by atoms with Crippen LogP contribution in [0.3, 0.4) is 0 Å². The Morgan fingerprint density at radius 2 is 2.25 bits per heavy atom. The molecule has 1 aliphatic rings. The van der Waals surface area contributed by atoms with Crippen LogP contribution >= 0.6 is 0 Å². The third-order valence-corrected chi connectivity index (χ3v) is 5.64. The van der Waals surface area contributed by atoms with Gasteiger partial charge in [0.25, 0.3) is 5.91 Å². The molecule has 0 spiro atoms. The molecule has 1 atom stereocenters. The average Bonchev–Trinajstić information content (AvgIpc) is 3.55. The highest BCUT2D eigenvalue weighted by molar-refractivity contribution is 6.05. The Morgan fingerprint density at radius 3 is 3.06 bits per heavy atom. The number of methoxy groups -OCH3 is 1. The normalized spacial score (nSPS) is 15.9. The minimum absolute atomic E-state index is 0.240. The maximum Gasteiger partial charge on any atom is 0.316 e. The van der Waals surface area contributed by atoms with E-state index in [-0.39, 0.29) is 5.91 Å². The molecule has 0 saturated carbocycles. The van der Waals surface area contributed by atoms with E-state index in [0.717, 1.165) is 48.5 Å². The number of aromatic amines is 1. The van der Waals surface area contributed by atoms with Gasteiger partial charge in [0.2, 0.25) is 0 Å². The highest BCUT2D eigenvalue weighted by atomic mass is 16.5. The third-order valence-electron chi connectivity index (χ3n) is 5.64. The van der Waals surface area contributed by atoms with Gasteiger partial charge in [0.15, 0.2) is 0 Å². The summed E-state index contributed by atoms with van der Waals surface area (Å²) < 4.78 is 12.4. The molecule has 5 rings (SSSR count). The van der Waals surface area contributed by atoms with Crippen molar-refractivity contribution in [2.45, 2.75) is 19.9 Å². The van der Waals surface area contributed by atoms with Crippen LogP contribution in [0.15, 0.2) is 36.8 Å². The number of hydrogen-bond donors (Lipinski definition) is 2. The predicted molar refractivity (Wildman–Crippen MR) is 118 cm³/mol. The minimum Gasteiger partial charge on any atom is -0.467 e. The molecule has 5 heterocycles. The lowest BCUT2D eigenvalue weighted by Gasteiger charge is -2.10. The fourth-order valence-corrected chi connectivity index (χ4v) is 3.83. The molecule has 10 heteroatoms. The first-order chi connectivity index (χ1) is 15.6. The number of aromatic nitrogens is 6. The van der Waals surface area contributed by atoms with Crippen molar-refractivity contribution < 1.29 is 14.3 Å². The molecule has 32 heavy (non-hydrogen) atoms. The quantitative estimate of drug-likeness (QED) is 0.480.